The van der Waals surface area contributed by atoms with Crippen molar-refractivity contribution in [3.63, 3.8) is 0 Å². The van der Waals surface area contributed by atoms with Crippen molar-refractivity contribution in [2.45, 2.75) is 20.3 Å². The SMILES string of the molecule is CCNC(=NCCc1ccc(OC)c(OC)c1)NCCOc1cccc(NC(C)=O)c1.I. The highest BCUT2D eigenvalue weighted by atomic mass is 127. The third-order valence-corrected chi connectivity index (χ3v) is 4.28. The molecule has 32 heavy (non-hydrogen) atoms. The Labute approximate surface area is 207 Å². The minimum absolute atomic E-state index is 0. The molecule has 0 atom stereocenters. The highest BCUT2D eigenvalue weighted by Crippen LogP contribution is 2.27. The average Bonchev–Trinajstić information content (AvgIpc) is 2.76. The Bertz CT molecular complexity index is 877. The molecule has 3 N–H and O–H groups in total. The molecule has 0 aliphatic carbocycles. The number of hydrogen-bond acceptors (Lipinski definition) is 5. The van der Waals surface area contributed by atoms with Crippen molar-refractivity contribution in [2.75, 3.05) is 45.8 Å². The van der Waals surface area contributed by atoms with E-state index in [1.54, 1.807) is 20.3 Å². The van der Waals surface area contributed by atoms with E-state index in [1.807, 2.05) is 43.3 Å². The number of nitrogens with one attached hydrogen (secondary N) is 3. The van der Waals surface area contributed by atoms with Crippen LogP contribution in [0.5, 0.6) is 17.2 Å². The highest BCUT2D eigenvalue weighted by Gasteiger charge is 2.05. The maximum Gasteiger partial charge on any atom is 0.221 e. The van der Waals surface area contributed by atoms with Crippen LogP contribution in [0.15, 0.2) is 47.5 Å². The number of amides is 1. The van der Waals surface area contributed by atoms with Crippen LogP contribution in [0.25, 0.3) is 0 Å². The number of ether oxygens (including phenoxy) is 3. The van der Waals surface area contributed by atoms with Crippen molar-refractivity contribution < 1.29 is 19.0 Å². The largest absolute Gasteiger partial charge is 0.493 e. The Hall–Kier alpha value is -2.69. The molecular formula is C23H33IN4O4. The van der Waals surface area contributed by atoms with Gasteiger partial charge in [0.2, 0.25) is 5.91 Å². The molecule has 2 aromatic rings. The van der Waals surface area contributed by atoms with E-state index >= 15 is 0 Å². The van der Waals surface area contributed by atoms with Crippen LogP contribution in [-0.2, 0) is 11.2 Å². The molecule has 0 saturated carbocycles. The van der Waals surface area contributed by atoms with Gasteiger partial charge < -0.3 is 30.2 Å². The summed E-state index contributed by atoms with van der Waals surface area (Å²) in [5.74, 6) is 2.75. The van der Waals surface area contributed by atoms with Crippen molar-refractivity contribution in [2.24, 2.45) is 4.99 Å². The number of carbonyl (C=O) groups excluding carboxylic acids is 1. The zero-order valence-electron chi connectivity index (χ0n) is 19.1. The Morgan fingerprint density at radius 3 is 2.50 bits per heavy atom. The van der Waals surface area contributed by atoms with Gasteiger partial charge >= 0.3 is 0 Å². The van der Waals surface area contributed by atoms with Gasteiger partial charge in [-0.3, -0.25) is 9.79 Å². The minimum atomic E-state index is -0.113. The van der Waals surface area contributed by atoms with Gasteiger partial charge in [0, 0.05) is 31.8 Å². The zero-order chi connectivity index (χ0) is 22.5. The molecule has 2 aromatic carbocycles. The molecule has 0 saturated heterocycles. The summed E-state index contributed by atoms with van der Waals surface area (Å²) in [7, 11) is 3.25. The summed E-state index contributed by atoms with van der Waals surface area (Å²) >= 11 is 0. The molecule has 176 valence electrons. The van der Waals surface area contributed by atoms with Crippen molar-refractivity contribution >= 4 is 41.5 Å². The summed E-state index contributed by atoms with van der Waals surface area (Å²) in [6.07, 6.45) is 0.781. The van der Waals surface area contributed by atoms with Gasteiger partial charge in [-0.1, -0.05) is 12.1 Å². The highest BCUT2D eigenvalue weighted by molar-refractivity contribution is 14.0. The van der Waals surface area contributed by atoms with Crippen LogP contribution in [0.4, 0.5) is 5.69 Å². The van der Waals surface area contributed by atoms with Crippen LogP contribution >= 0.6 is 24.0 Å². The first kappa shape index (κ1) is 27.3. The first-order valence-electron chi connectivity index (χ1n) is 10.3. The van der Waals surface area contributed by atoms with Gasteiger partial charge in [-0.25, -0.2) is 0 Å². The number of halogens is 1. The first-order valence-corrected chi connectivity index (χ1v) is 10.3. The van der Waals surface area contributed by atoms with Gasteiger partial charge in [0.1, 0.15) is 12.4 Å². The molecule has 0 aliphatic rings. The van der Waals surface area contributed by atoms with Gasteiger partial charge in [0.15, 0.2) is 17.5 Å². The topological polar surface area (TPSA) is 93.2 Å². The molecule has 8 nitrogen and oxygen atoms in total. The Morgan fingerprint density at radius 2 is 1.81 bits per heavy atom. The normalized spacial score (nSPS) is 10.6. The second-order valence-electron chi connectivity index (χ2n) is 6.68. The molecule has 0 bridgehead atoms. The molecule has 0 heterocycles. The molecule has 0 aromatic heterocycles. The van der Waals surface area contributed by atoms with Gasteiger partial charge in [-0.2, -0.15) is 0 Å². The van der Waals surface area contributed by atoms with E-state index in [2.05, 4.69) is 20.9 Å². The number of guanidine groups is 1. The monoisotopic (exact) mass is 556 g/mol. The number of carbonyl (C=O) groups is 1. The summed E-state index contributed by atoms with van der Waals surface area (Å²) in [4.78, 5) is 15.8. The van der Waals surface area contributed by atoms with Crippen LogP contribution in [0.2, 0.25) is 0 Å². The Morgan fingerprint density at radius 1 is 1.03 bits per heavy atom. The number of rotatable bonds is 11. The fourth-order valence-electron chi connectivity index (χ4n) is 2.88. The van der Waals surface area contributed by atoms with E-state index in [-0.39, 0.29) is 29.9 Å². The summed E-state index contributed by atoms with van der Waals surface area (Å²) in [5, 5.41) is 9.24. The Balaban J connectivity index is 0.00000512. The van der Waals surface area contributed by atoms with Crippen molar-refractivity contribution in [3.8, 4) is 17.2 Å². The Kier molecular flexibility index (Phi) is 13.0. The fourth-order valence-corrected chi connectivity index (χ4v) is 2.88. The minimum Gasteiger partial charge on any atom is -0.493 e. The maximum absolute atomic E-state index is 11.2. The van der Waals surface area contributed by atoms with E-state index in [0.717, 1.165) is 24.5 Å². The smallest absolute Gasteiger partial charge is 0.221 e. The molecule has 0 unspecified atom stereocenters. The van der Waals surface area contributed by atoms with Gasteiger partial charge in [-0.05, 0) is 43.2 Å². The third kappa shape index (κ3) is 9.63. The summed E-state index contributed by atoms with van der Waals surface area (Å²) in [6.45, 7) is 5.95. The zero-order valence-corrected chi connectivity index (χ0v) is 21.4. The van der Waals surface area contributed by atoms with Gasteiger partial charge in [0.05, 0.1) is 20.8 Å². The number of anilines is 1. The molecule has 0 fully saturated rings. The molecule has 0 spiro atoms. The predicted octanol–water partition coefficient (Wildman–Crippen LogP) is 3.46. The van der Waals surface area contributed by atoms with E-state index in [0.29, 0.717) is 42.6 Å². The van der Waals surface area contributed by atoms with Crippen LogP contribution < -0.4 is 30.2 Å². The molecule has 2 rings (SSSR count). The van der Waals surface area contributed by atoms with Crippen LogP contribution in [0, 0.1) is 0 Å². The number of aliphatic imine (C=N–C) groups is 1. The summed E-state index contributed by atoms with van der Waals surface area (Å²) in [5.41, 5.74) is 1.84. The van der Waals surface area contributed by atoms with Crippen LogP contribution in [0.3, 0.4) is 0 Å². The van der Waals surface area contributed by atoms with Crippen molar-refractivity contribution in [1.29, 1.82) is 0 Å². The van der Waals surface area contributed by atoms with E-state index in [9.17, 15) is 4.79 Å². The van der Waals surface area contributed by atoms with Crippen LogP contribution in [0.1, 0.15) is 19.4 Å². The second-order valence-corrected chi connectivity index (χ2v) is 6.68. The molecular weight excluding hydrogens is 523 g/mol. The molecule has 0 radical (unpaired) electrons. The van der Waals surface area contributed by atoms with Gasteiger partial charge in [-0.15, -0.1) is 24.0 Å². The van der Waals surface area contributed by atoms with Crippen molar-refractivity contribution in [1.82, 2.24) is 10.6 Å². The first-order chi connectivity index (χ1) is 15.0. The summed E-state index contributed by atoms with van der Waals surface area (Å²) in [6, 6.07) is 13.2. The summed E-state index contributed by atoms with van der Waals surface area (Å²) < 4.78 is 16.4. The number of nitrogens with zero attached hydrogens (tertiary/aromatic N) is 1. The van der Waals surface area contributed by atoms with Gasteiger partial charge in [0.25, 0.3) is 0 Å². The lowest BCUT2D eigenvalue weighted by molar-refractivity contribution is -0.114. The van der Waals surface area contributed by atoms with E-state index < -0.39 is 0 Å². The third-order valence-electron chi connectivity index (χ3n) is 4.28. The van der Waals surface area contributed by atoms with Crippen molar-refractivity contribution in [3.05, 3.63) is 48.0 Å². The lowest BCUT2D eigenvalue weighted by atomic mass is 10.1. The standard InChI is InChI=1S/C23H32N4O4.HI/c1-5-24-23(25-12-11-18-9-10-21(29-3)22(15-18)30-4)26-13-14-31-20-8-6-7-19(16-20)27-17(2)28;/h6-10,15-16H,5,11-14H2,1-4H3,(H,27,28)(H2,24,25,26);1H. The average molecular weight is 556 g/mol. The van der Waals surface area contributed by atoms with Crippen LogP contribution in [-0.4, -0.2) is 52.3 Å². The van der Waals surface area contributed by atoms with E-state index in [4.69, 9.17) is 14.2 Å². The number of hydrogen-bond donors (Lipinski definition) is 3. The molecule has 0 aliphatic heterocycles. The molecule has 9 heteroatoms. The van der Waals surface area contributed by atoms with E-state index in [1.165, 1.54) is 6.92 Å². The number of benzene rings is 2. The predicted molar refractivity (Wildman–Crippen MR) is 139 cm³/mol. The lowest BCUT2D eigenvalue weighted by Gasteiger charge is -2.13. The lowest BCUT2D eigenvalue weighted by Crippen LogP contribution is -2.39. The molecule has 1 amide bonds. The second kappa shape index (κ2) is 15.2. The maximum atomic E-state index is 11.2. The number of methoxy groups -OCH3 is 2. The quantitative estimate of drug-likeness (QED) is 0.170. The fraction of sp³-hybridized carbons (Fsp3) is 0.391.